The maximum atomic E-state index is 12.3. The Morgan fingerprint density at radius 2 is 2.15 bits per heavy atom. The van der Waals surface area contributed by atoms with Crippen LogP contribution in [0.3, 0.4) is 0 Å². The van der Waals surface area contributed by atoms with Crippen molar-refractivity contribution in [1.29, 1.82) is 0 Å². The van der Waals surface area contributed by atoms with Gasteiger partial charge in [-0.3, -0.25) is 0 Å². The number of aromatic nitrogens is 1. The van der Waals surface area contributed by atoms with E-state index in [-0.39, 0.29) is 5.75 Å². The average Bonchev–Trinajstić information content (AvgIpc) is 2.81. The summed E-state index contributed by atoms with van der Waals surface area (Å²) in [5.74, 6) is 1.15. The highest BCUT2D eigenvalue weighted by Gasteiger charge is 2.28. The second-order valence-electron chi connectivity index (χ2n) is 5.34. The number of nitrogens with one attached hydrogen (secondary N) is 1. The van der Waals surface area contributed by atoms with Gasteiger partial charge in [-0.1, -0.05) is 12.1 Å². The fourth-order valence-electron chi connectivity index (χ4n) is 2.50. The molecule has 0 bridgehead atoms. The maximum Gasteiger partial charge on any atom is 0.219 e. The summed E-state index contributed by atoms with van der Waals surface area (Å²) in [5, 5.41) is 7.08. The smallest absolute Gasteiger partial charge is 0.219 e. The van der Waals surface area contributed by atoms with Crippen molar-refractivity contribution in [2.24, 2.45) is 5.92 Å². The van der Waals surface area contributed by atoms with E-state index in [9.17, 15) is 8.42 Å². The van der Waals surface area contributed by atoms with Gasteiger partial charge >= 0.3 is 0 Å². The largest absolute Gasteiger partial charge is 0.361 e. The van der Waals surface area contributed by atoms with Crippen molar-refractivity contribution in [1.82, 2.24) is 14.8 Å². The van der Waals surface area contributed by atoms with Gasteiger partial charge in [-0.25, -0.2) is 12.7 Å². The summed E-state index contributed by atoms with van der Waals surface area (Å²) in [5.41, 5.74) is 0.484. The normalized spacial score (nSPS) is 18.5. The van der Waals surface area contributed by atoms with Gasteiger partial charge in [-0.05, 0) is 38.8 Å². The van der Waals surface area contributed by atoms with Crippen molar-refractivity contribution < 1.29 is 12.9 Å². The van der Waals surface area contributed by atoms with Crippen LogP contribution in [0.4, 0.5) is 0 Å². The number of nitrogens with zero attached hydrogens (tertiary/aromatic N) is 2. The van der Waals surface area contributed by atoms with Gasteiger partial charge in [0, 0.05) is 19.2 Å². The molecule has 1 aromatic heterocycles. The molecule has 6 nitrogen and oxygen atoms in total. The summed E-state index contributed by atoms with van der Waals surface area (Å²) < 4.78 is 31.1. The lowest BCUT2D eigenvalue weighted by Gasteiger charge is -2.31. The third kappa shape index (κ3) is 4.04. The van der Waals surface area contributed by atoms with E-state index in [0.29, 0.717) is 30.5 Å². The first-order chi connectivity index (χ1) is 9.51. The minimum Gasteiger partial charge on any atom is -0.361 e. The number of piperidine rings is 1. The zero-order chi connectivity index (χ0) is 14.6. The van der Waals surface area contributed by atoms with E-state index in [1.165, 1.54) is 0 Å². The summed E-state index contributed by atoms with van der Waals surface area (Å²) in [4.78, 5) is 0. The lowest BCUT2D eigenvalue weighted by atomic mass is 9.98. The van der Waals surface area contributed by atoms with Gasteiger partial charge in [-0.15, -0.1) is 0 Å². The van der Waals surface area contributed by atoms with Crippen LogP contribution < -0.4 is 5.32 Å². The zero-order valence-electron chi connectivity index (χ0n) is 12.1. The molecule has 1 fully saturated rings. The molecule has 20 heavy (non-hydrogen) atoms. The van der Waals surface area contributed by atoms with Crippen LogP contribution in [0, 0.1) is 12.8 Å². The van der Waals surface area contributed by atoms with Gasteiger partial charge in [-0.2, -0.15) is 0 Å². The van der Waals surface area contributed by atoms with E-state index in [1.807, 2.05) is 0 Å². The third-order valence-electron chi connectivity index (χ3n) is 3.66. The van der Waals surface area contributed by atoms with E-state index in [4.69, 9.17) is 4.52 Å². The standard InChI is InChI=1S/C13H23N3O3S/c1-3-14-9-12-4-6-16(7-5-12)20(17,18)10-13-8-11(2)19-15-13/h8,12,14H,3-7,9-10H2,1-2H3. The Morgan fingerprint density at radius 1 is 1.45 bits per heavy atom. The molecule has 0 amide bonds. The van der Waals surface area contributed by atoms with Crippen molar-refractivity contribution in [3.05, 3.63) is 17.5 Å². The van der Waals surface area contributed by atoms with E-state index in [1.54, 1.807) is 17.3 Å². The first-order valence-corrected chi connectivity index (χ1v) is 8.73. The first kappa shape index (κ1) is 15.5. The molecule has 0 spiro atoms. The molecule has 114 valence electrons. The molecule has 0 aliphatic carbocycles. The molecule has 0 atom stereocenters. The molecule has 7 heteroatoms. The van der Waals surface area contributed by atoms with E-state index in [2.05, 4.69) is 17.4 Å². The van der Waals surface area contributed by atoms with E-state index < -0.39 is 10.0 Å². The second-order valence-corrected chi connectivity index (χ2v) is 7.30. The molecule has 0 saturated carbocycles. The quantitative estimate of drug-likeness (QED) is 0.852. The number of hydrogen-bond acceptors (Lipinski definition) is 5. The van der Waals surface area contributed by atoms with Crippen LogP contribution in [0.1, 0.15) is 31.2 Å². The molecule has 1 saturated heterocycles. The zero-order valence-corrected chi connectivity index (χ0v) is 12.9. The first-order valence-electron chi connectivity index (χ1n) is 7.12. The predicted octanol–water partition coefficient (Wildman–Crippen LogP) is 1.13. The van der Waals surface area contributed by atoms with Gasteiger partial charge in [0.2, 0.25) is 10.0 Å². The number of hydrogen-bond donors (Lipinski definition) is 1. The Balaban J connectivity index is 1.88. The SMILES string of the molecule is CCNCC1CCN(S(=O)(=O)Cc2cc(C)on2)CC1. The van der Waals surface area contributed by atoms with Gasteiger partial charge in [0.15, 0.2) is 0 Å². The summed E-state index contributed by atoms with van der Waals surface area (Å²) >= 11 is 0. The molecular weight excluding hydrogens is 278 g/mol. The molecule has 1 aliphatic rings. The topological polar surface area (TPSA) is 75.4 Å². The average molecular weight is 301 g/mol. The Hall–Kier alpha value is -0.920. The fraction of sp³-hybridized carbons (Fsp3) is 0.769. The highest BCUT2D eigenvalue weighted by Crippen LogP contribution is 2.21. The van der Waals surface area contributed by atoms with Crippen molar-refractivity contribution in [2.45, 2.75) is 32.4 Å². The Morgan fingerprint density at radius 3 is 2.70 bits per heavy atom. The summed E-state index contributed by atoms with van der Waals surface area (Å²) in [6, 6.07) is 1.68. The monoisotopic (exact) mass is 301 g/mol. The van der Waals surface area contributed by atoms with Gasteiger partial charge in [0.05, 0.1) is 0 Å². The lowest BCUT2D eigenvalue weighted by molar-refractivity contribution is 0.268. The fourth-order valence-corrected chi connectivity index (χ4v) is 3.96. The Labute approximate surface area is 120 Å². The second kappa shape index (κ2) is 6.69. The van der Waals surface area contributed by atoms with Gasteiger partial charge in [0.25, 0.3) is 0 Å². The van der Waals surface area contributed by atoms with Crippen molar-refractivity contribution in [3.8, 4) is 0 Å². The van der Waals surface area contributed by atoms with Crippen LogP contribution in [-0.2, 0) is 15.8 Å². The third-order valence-corrected chi connectivity index (χ3v) is 5.47. The number of sulfonamides is 1. The highest BCUT2D eigenvalue weighted by molar-refractivity contribution is 7.88. The molecule has 1 N–H and O–H groups in total. The molecule has 2 heterocycles. The van der Waals surface area contributed by atoms with Crippen molar-refractivity contribution in [3.63, 3.8) is 0 Å². The van der Waals surface area contributed by atoms with Crippen LogP contribution >= 0.6 is 0 Å². The van der Waals surface area contributed by atoms with Gasteiger partial charge < -0.3 is 9.84 Å². The van der Waals surface area contributed by atoms with E-state index >= 15 is 0 Å². The number of rotatable bonds is 6. The Kier molecular flexibility index (Phi) is 5.17. The van der Waals surface area contributed by atoms with Crippen LogP contribution in [0.2, 0.25) is 0 Å². The predicted molar refractivity (Wildman–Crippen MR) is 76.7 cm³/mol. The summed E-state index contributed by atoms with van der Waals surface area (Å²) in [6.07, 6.45) is 1.84. The van der Waals surface area contributed by atoms with Crippen molar-refractivity contribution >= 4 is 10.0 Å². The molecule has 0 aromatic carbocycles. The molecule has 1 aliphatic heterocycles. The maximum absolute atomic E-state index is 12.3. The summed E-state index contributed by atoms with van der Waals surface area (Å²) in [7, 11) is -3.28. The molecular formula is C13H23N3O3S. The molecule has 0 radical (unpaired) electrons. The van der Waals surface area contributed by atoms with Crippen LogP contribution in [0.15, 0.2) is 10.6 Å². The van der Waals surface area contributed by atoms with Gasteiger partial charge in [0.1, 0.15) is 17.2 Å². The van der Waals surface area contributed by atoms with Crippen LogP contribution in [-0.4, -0.2) is 44.1 Å². The van der Waals surface area contributed by atoms with Crippen LogP contribution in [0.5, 0.6) is 0 Å². The summed E-state index contributed by atoms with van der Waals surface area (Å²) in [6.45, 7) is 7.00. The minimum atomic E-state index is -3.28. The van der Waals surface area contributed by atoms with Crippen LogP contribution in [0.25, 0.3) is 0 Å². The molecule has 0 unspecified atom stereocenters. The lowest BCUT2D eigenvalue weighted by Crippen LogP contribution is -2.41. The Bertz CT molecular complexity index is 519. The molecule has 2 rings (SSSR count). The molecule has 1 aromatic rings. The van der Waals surface area contributed by atoms with Crippen molar-refractivity contribution in [2.75, 3.05) is 26.2 Å². The minimum absolute atomic E-state index is 0.0672. The number of aryl methyl sites for hydroxylation is 1. The highest BCUT2D eigenvalue weighted by atomic mass is 32.2. The van der Waals surface area contributed by atoms with E-state index in [0.717, 1.165) is 25.9 Å².